The van der Waals surface area contributed by atoms with E-state index in [-0.39, 0.29) is 18.4 Å². The number of esters is 1. The molecule has 1 aliphatic heterocycles. The van der Waals surface area contributed by atoms with Gasteiger partial charge < -0.3 is 14.5 Å². The van der Waals surface area contributed by atoms with E-state index < -0.39 is 5.97 Å². The molecule has 2 amide bonds. The van der Waals surface area contributed by atoms with Gasteiger partial charge in [-0.1, -0.05) is 11.6 Å². The first-order valence-electron chi connectivity index (χ1n) is 8.50. The van der Waals surface area contributed by atoms with Crippen LogP contribution >= 0.6 is 22.9 Å². The molecule has 0 radical (unpaired) electrons. The quantitative estimate of drug-likeness (QED) is 0.690. The summed E-state index contributed by atoms with van der Waals surface area (Å²) >= 11 is 7.28. The van der Waals surface area contributed by atoms with E-state index in [0.29, 0.717) is 29.4 Å². The fourth-order valence-electron chi connectivity index (χ4n) is 2.78. The average molecular weight is 407 g/mol. The smallest absolute Gasteiger partial charge is 0.338 e. The molecule has 0 bridgehead atoms. The predicted molar refractivity (Wildman–Crippen MR) is 104 cm³/mol. The van der Waals surface area contributed by atoms with Crippen LogP contribution in [0.2, 0.25) is 4.34 Å². The second kappa shape index (κ2) is 8.54. The molecular formula is C19H19ClN2O4S. The Kier molecular flexibility index (Phi) is 6.13. The largest absolute Gasteiger partial charge is 0.452 e. The maximum atomic E-state index is 12.1. The molecule has 1 aromatic carbocycles. The van der Waals surface area contributed by atoms with Crippen molar-refractivity contribution >= 4 is 46.4 Å². The first-order valence-corrected chi connectivity index (χ1v) is 9.69. The molecule has 1 saturated heterocycles. The summed E-state index contributed by atoms with van der Waals surface area (Å²) in [6.07, 6.45) is 1.40. The fourth-order valence-corrected chi connectivity index (χ4v) is 3.92. The molecule has 3 rings (SSSR count). The monoisotopic (exact) mass is 406 g/mol. The van der Waals surface area contributed by atoms with E-state index in [0.717, 1.165) is 17.0 Å². The molecule has 0 unspecified atom stereocenters. The summed E-state index contributed by atoms with van der Waals surface area (Å²) < 4.78 is 5.77. The van der Waals surface area contributed by atoms with Crippen molar-refractivity contribution in [2.45, 2.75) is 19.4 Å². The topological polar surface area (TPSA) is 66.9 Å². The third-order valence-electron chi connectivity index (χ3n) is 4.26. The molecular weight excluding hydrogens is 388 g/mol. The number of rotatable bonds is 6. The molecule has 142 valence electrons. The number of hydrogen-bond donors (Lipinski definition) is 0. The number of ether oxygens (including phenoxy) is 1. The summed E-state index contributed by atoms with van der Waals surface area (Å²) in [4.78, 5) is 40.2. The second-order valence-corrected chi connectivity index (χ2v) is 8.03. The van der Waals surface area contributed by atoms with Crippen molar-refractivity contribution < 1.29 is 19.1 Å². The van der Waals surface area contributed by atoms with Crippen LogP contribution in [0.25, 0.3) is 0 Å². The van der Waals surface area contributed by atoms with Crippen molar-refractivity contribution in [3.05, 3.63) is 51.2 Å². The summed E-state index contributed by atoms with van der Waals surface area (Å²) in [7, 11) is 1.64. The van der Waals surface area contributed by atoms with Gasteiger partial charge in [-0.25, -0.2) is 4.79 Å². The Hall–Kier alpha value is -2.38. The molecule has 8 heteroatoms. The number of amides is 2. The predicted octanol–water partition coefficient (Wildman–Crippen LogP) is 3.34. The van der Waals surface area contributed by atoms with Crippen molar-refractivity contribution in [2.24, 2.45) is 0 Å². The molecule has 27 heavy (non-hydrogen) atoms. The molecule has 1 fully saturated rings. The summed E-state index contributed by atoms with van der Waals surface area (Å²) in [6, 6.07) is 10.3. The zero-order chi connectivity index (χ0) is 19.4. The minimum absolute atomic E-state index is 0.0889. The highest BCUT2D eigenvalue weighted by atomic mass is 35.5. The van der Waals surface area contributed by atoms with E-state index in [4.69, 9.17) is 16.3 Å². The van der Waals surface area contributed by atoms with Gasteiger partial charge in [0.1, 0.15) is 0 Å². The lowest BCUT2D eigenvalue weighted by Gasteiger charge is -2.17. The summed E-state index contributed by atoms with van der Waals surface area (Å²) in [6.45, 7) is 0.770. The van der Waals surface area contributed by atoms with Crippen LogP contribution in [-0.4, -0.2) is 42.9 Å². The highest BCUT2D eigenvalue weighted by molar-refractivity contribution is 7.16. The first-order chi connectivity index (χ1) is 12.9. The average Bonchev–Trinajstić information content (AvgIpc) is 3.27. The number of nitrogens with zero attached hydrogens (tertiary/aromatic N) is 2. The molecule has 2 aromatic rings. The third kappa shape index (κ3) is 4.87. The number of benzene rings is 1. The van der Waals surface area contributed by atoms with E-state index in [1.165, 1.54) is 16.2 Å². The normalized spacial score (nSPS) is 13.7. The number of carbonyl (C=O) groups is 3. The van der Waals surface area contributed by atoms with Gasteiger partial charge in [0.05, 0.1) is 16.4 Å². The van der Waals surface area contributed by atoms with Gasteiger partial charge >= 0.3 is 5.97 Å². The number of thiophene rings is 1. The lowest BCUT2D eigenvalue weighted by molar-refractivity contribution is -0.133. The van der Waals surface area contributed by atoms with Gasteiger partial charge in [-0.2, -0.15) is 0 Å². The van der Waals surface area contributed by atoms with Crippen LogP contribution in [0.3, 0.4) is 0 Å². The summed E-state index contributed by atoms with van der Waals surface area (Å²) in [5, 5.41) is 0. The first kappa shape index (κ1) is 19.4. The Morgan fingerprint density at radius 1 is 1.22 bits per heavy atom. The zero-order valence-electron chi connectivity index (χ0n) is 14.8. The molecule has 0 atom stereocenters. The minimum atomic E-state index is -0.574. The van der Waals surface area contributed by atoms with Crippen molar-refractivity contribution in [3.63, 3.8) is 0 Å². The molecule has 6 nitrogen and oxygen atoms in total. The van der Waals surface area contributed by atoms with Gasteiger partial charge in [-0.15, -0.1) is 11.3 Å². The van der Waals surface area contributed by atoms with Crippen LogP contribution in [0.5, 0.6) is 0 Å². The zero-order valence-corrected chi connectivity index (χ0v) is 16.4. The van der Waals surface area contributed by atoms with E-state index >= 15 is 0 Å². The van der Waals surface area contributed by atoms with Crippen molar-refractivity contribution in [3.8, 4) is 0 Å². The Balaban J connectivity index is 1.51. The Morgan fingerprint density at radius 3 is 2.56 bits per heavy atom. The fraction of sp³-hybridized carbons (Fsp3) is 0.316. The summed E-state index contributed by atoms with van der Waals surface area (Å²) in [5.41, 5.74) is 1.10. The van der Waals surface area contributed by atoms with Crippen molar-refractivity contribution in [1.29, 1.82) is 0 Å². The van der Waals surface area contributed by atoms with Gasteiger partial charge in [-0.05, 0) is 42.8 Å². The Bertz CT molecular complexity index is 850. The second-order valence-electron chi connectivity index (χ2n) is 6.23. The van der Waals surface area contributed by atoms with Gasteiger partial charge in [-0.3, -0.25) is 9.59 Å². The van der Waals surface area contributed by atoms with Crippen LogP contribution in [-0.2, 0) is 20.9 Å². The van der Waals surface area contributed by atoms with Crippen molar-refractivity contribution in [2.75, 3.05) is 25.1 Å². The van der Waals surface area contributed by atoms with Crippen molar-refractivity contribution in [1.82, 2.24) is 4.90 Å². The van der Waals surface area contributed by atoms with Gasteiger partial charge in [0.25, 0.3) is 5.91 Å². The number of carbonyl (C=O) groups excluding carboxylic acids is 3. The Labute approximate surface area is 166 Å². The third-order valence-corrected chi connectivity index (χ3v) is 5.48. The van der Waals surface area contributed by atoms with E-state index in [1.807, 2.05) is 6.07 Å². The van der Waals surface area contributed by atoms with Crippen LogP contribution < -0.4 is 4.90 Å². The van der Waals surface area contributed by atoms with E-state index in [1.54, 1.807) is 42.3 Å². The van der Waals surface area contributed by atoms with Crippen LogP contribution in [0, 0.1) is 0 Å². The van der Waals surface area contributed by atoms with E-state index in [9.17, 15) is 14.4 Å². The molecule has 1 aliphatic rings. The lowest BCUT2D eigenvalue weighted by atomic mass is 10.2. The van der Waals surface area contributed by atoms with Crippen LogP contribution in [0.15, 0.2) is 36.4 Å². The van der Waals surface area contributed by atoms with Gasteiger partial charge in [0, 0.05) is 30.6 Å². The number of anilines is 1. The molecule has 0 N–H and O–H groups in total. The standard InChI is InChI=1S/C19H19ClN2O4S/c1-21(11-15-8-9-16(20)27-15)18(24)12-26-19(25)13-4-6-14(7-5-13)22-10-2-3-17(22)23/h4-9H,2-3,10-12H2,1H3. The molecule has 0 aliphatic carbocycles. The maximum absolute atomic E-state index is 12.1. The SMILES string of the molecule is CN(Cc1ccc(Cl)s1)C(=O)COC(=O)c1ccc(N2CCCC2=O)cc1. The van der Waals surface area contributed by atoms with E-state index in [2.05, 4.69) is 0 Å². The number of hydrogen-bond acceptors (Lipinski definition) is 5. The maximum Gasteiger partial charge on any atom is 0.338 e. The van der Waals surface area contributed by atoms with Gasteiger partial charge in [0.15, 0.2) is 6.61 Å². The molecule has 1 aromatic heterocycles. The van der Waals surface area contributed by atoms with Crippen LogP contribution in [0.1, 0.15) is 28.1 Å². The number of halogens is 1. The van der Waals surface area contributed by atoms with Gasteiger partial charge in [0.2, 0.25) is 5.91 Å². The highest BCUT2D eigenvalue weighted by Crippen LogP contribution is 2.23. The lowest BCUT2D eigenvalue weighted by Crippen LogP contribution is -2.30. The molecule has 0 spiro atoms. The molecule has 0 saturated carbocycles. The molecule has 2 heterocycles. The minimum Gasteiger partial charge on any atom is -0.452 e. The Morgan fingerprint density at radius 2 is 1.96 bits per heavy atom. The van der Waals surface area contributed by atoms with Crippen LogP contribution in [0.4, 0.5) is 5.69 Å². The number of likely N-dealkylation sites (N-methyl/N-ethyl adjacent to an activating group) is 1. The highest BCUT2D eigenvalue weighted by Gasteiger charge is 2.22. The summed E-state index contributed by atoms with van der Waals surface area (Å²) in [5.74, 6) is -0.784.